The minimum Gasteiger partial charge on any atom is -0.495 e. The molecule has 0 saturated carbocycles. The number of benzene rings is 3. The molecule has 7 nitrogen and oxygen atoms in total. The zero-order valence-corrected chi connectivity index (χ0v) is 20.5. The fourth-order valence-corrected chi connectivity index (χ4v) is 5.62. The molecule has 0 saturated heterocycles. The summed E-state index contributed by atoms with van der Waals surface area (Å²) >= 11 is 1.36. The second-order valence-corrected chi connectivity index (χ2v) is 10.1. The van der Waals surface area contributed by atoms with Crippen molar-refractivity contribution in [1.82, 2.24) is 4.98 Å². The zero-order chi connectivity index (χ0) is 24.3. The van der Waals surface area contributed by atoms with E-state index >= 15 is 0 Å². The van der Waals surface area contributed by atoms with E-state index in [0.717, 1.165) is 21.7 Å². The number of para-hydroxylation sites is 1. The second-order valence-electron chi connectivity index (χ2n) is 7.60. The molecule has 3 aromatic carbocycles. The quantitative estimate of drug-likeness (QED) is 0.355. The van der Waals surface area contributed by atoms with Crippen molar-refractivity contribution in [2.45, 2.75) is 18.7 Å². The molecule has 0 aliphatic heterocycles. The zero-order valence-electron chi connectivity index (χ0n) is 18.8. The Balaban J connectivity index is 1.60. The first-order chi connectivity index (χ1) is 16.3. The highest BCUT2D eigenvalue weighted by molar-refractivity contribution is 7.92. The Hall–Kier alpha value is -3.69. The minimum atomic E-state index is -4.00. The first-order valence-electron chi connectivity index (χ1n) is 10.4. The molecule has 174 valence electrons. The fourth-order valence-electron chi connectivity index (χ4n) is 3.42. The van der Waals surface area contributed by atoms with Gasteiger partial charge in [-0.05, 0) is 43.2 Å². The first kappa shape index (κ1) is 23.5. The molecule has 0 aliphatic carbocycles. The number of anilines is 2. The van der Waals surface area contributed by atoms with E-state index in [1.54, 1.807) is 11.4 Å². The Morgan fingerprint density at radius 3 is 2.35 bits per heavy atom. The van der Waals surface area contributed by atoms with Crippen LogP contribution in [0.1, 0.15) is 21.6 Å². The molecule has 4 aromatic rings. The third-order valence-corrected chi connectivity index (χ3v) is 7.45. The van der Waals surface area contributed by atoms with Crippen molar-refractivity contribution in [2.24, 2.45) is 0 Å². The van der Waals surface area contributed by atoms with Crippen LogP contribution in [0.3, 0.4) is 0 Å². The largest absolute Gasteiger partial charge is 0.495 e. The maximum absolute atomic E-state index is 13.2. The van der Waals surface area contributed by atoms with Crippen molar-refractivity contribution in [3.8, 4) is 16.3 Å². The van der Waals surface area contributed by atoms with Gasteiger partial charge in [0.1, 0.15) is 21.3 Å². The van der Waals surface area contributed by atoms with Gasteiger partial charge in [0.05, 0.1) is 12.8 Å². The molecule has 1 heterocycles. The highest BCUT2D eigenvalue weighted by Gasteiger charge is 2.23. The number of aromatic nitrogens is 1. The number of hydrogen-bond acceptors (Lipinski definition) is 6. The predicted molar refractivity (Wildman–Crippen MR) is 135 cm³/mol. The fraction of sp³-hybridized carbons (Fsp3) is 0.120. The summed E-state index contributed by atoms with van der Waals surface area (Å²) in [6, 6.07) is 19.5. The number of carbonyl (C=O) groups excluding carboxylic acids is 1. The van der Waals surface area contributed by atoms with Crippen LogP contribution >= 0.6 is 11.3 Å². The Morgan fingerprint density at radius 2 is 1.68 bits per heavy atom. The van der Waals surface area contributed by atoms with Gasteiger partial charge in [-0.15, -0.1) is 11.3 Å². The minimum absolute atomic E-state index is 0.0845. The Labute approximate surface area is 202 Å². The number of ether oxygens (including phenoxy) is 1. The molecule has 4 rings (SSSR count). The van der Waals surface area contributed by atoms with Gasteiger partial charge in [-0.25, -0.2) is 13.4 Å². The molecular weight excluding hydrogens is 470 g/mol. The lowest BCUT2D eigenvalue weighted by molar-refractivity contribution is 0.102. The van der Waals surface area contributed by atoms with Crippen molar-refractivity contribution in [3.05, 3.63) is 88.9 Å². The molecule has 0 spiro atoms. The summed E-state index contributed by atoms with van der Waals surface area (Å²) < 4.78 is 34.4. The molecule has 0 bridgehead atoms. The van der Waals surface area contributed by atoms with Crippen LogP contribution in [0.5, 0.6) is 5.75 Å². The number of hydrogen-bond donors (Lipinski definition) is 2. The standard InChI is InChI=1S/C25H23N3O4S2/c1-16-8-7-9-17(2)23(16)28-34(30,31)22-14-19(12-13-21(22)32-3)26-24(29)20-15-33-25(27-20)18-10-5-4-6-11-18/h4-15,28H,1-3H3,(H,26,29). The van der Waals surface area contributed by atoms with Gasteiger partial charge in [-0.1, -0.05) is 48.5 Å². The lowest BCUT2D eigenvalue weighted by Crippen LogP contribution is -2.17. The predicted octanol–water partition coefficient (Wildman–Crippen LogP) is 5.49. The van der Waals surface area contributed by atoms with Crippen LogP contribution in [-0.4, -0.2) is 26.4 Å². The summed E-state index contributed by atoms with van der Waals surface area (Å²) in [5.41, 5.74) is 3.58. The number of nitrogens with zero attached hydrogens (tertiary/aromatic N) is 1. The van der Waals surface area contributed by atoms with E-state index in [-0.39, 0.29) is 16.3 Å². The Kier molecular flexibility index (Phi) is 6.67. The van der Waals surface area contributed by atoms with E-state index in [1.165, 1.54) is 30.6 Å². The third-order valence-electron chi connectivity index (χ3n) is 5.19. The number of thiazole rings is 1. The molecule has 0 atom stereocenters. The molecular formula is C25H23N3O4S2. The number of rotatable bonds is 7. The number of methoxy groups -OCH3 is 1. The molecule has 2 N–H and O–H groups in total. The van der Waals surface area contributed by atoms with Crippen LogP contribution in [-0.2, 0) is 10.0 Å². The maximum Gasteiger partial charge on any atom is 0.275 e. The summed E-state index contributed by atoms with van der Waals surface area (Å²) in [6.07, 6.45) is 0. The number of sulfonamides is 1. The van der Waals surface area contributed by atoms with Crippen LogP contribution < -0.4 is 14.8 Å². The lowest BCUT2D eigenvalue weighted by atomic mass is 10.1. The summed E-state index contributed by atoms with van der Waals surface area (Å²) in [5, 5.41) is 5.12. The van der Waals surface area contributed by atoms with E-state index < -0.39 is 15.9 Å². The molecule has 0 fully saturated rings. The summed E-state index contributed by atoms with van der Waals surface area (Å²) in [5.74, 6) is -0.272. The topological polar surface area (TPSA) is 97.4 Å². The number of carbonyl (C=O) groups is 1. The van der Waals surface area contributed by atoms with Crippen LogP contribution in [0.25, 0.3) is 10.6 Å². The van der Waals surface area contributed by atoms with E-state index in [0.29, 0.717) is 11.4 Å². The second kappa shape index (κ2) is 9.66. The highest BCUT2D eigenvalue weighted by Crippen LogP contribution is 2.31. The molecule has 1 aromatic heterocycles. The van der Waals surface area contributed by atoms with Crippen LogP contribution in [0.2, 0.25) is 0 Å². The average Bonchev–Trinajstić information content (AvgIpc) is 3.33. The van der Waals surface area contributed by atoms with E-state index in [1.807, 2.05) is 62.4 Å². The van der Waals surface area contributed by atoms with Gasteiger partial charge in [-0.2, -0.15) is 0 Å². The van der Waals surface area contributed by atoms with Crippen LogP contribution in [0.15, 0.2) is 77.0 Å². The van der Waals surface area contributed by atoms with Crippen molar-refractivity contribution in [2.75, 3.05) is 17.1 Å². The first-order valence-corrected chi connectivity index (χ1v) is 12.7. The summed E-state index contributed by atoms with van der Waals surface area (Å²) in [4.78, 5) is 17.1. The van der Waals surface area contributed by atoms with Crippen molar-refractivity contribution in [3.63, 3.8) is 0 Å². The smallest absolute Gasteiger partial charge is 0.275 e. The summed E-state index contributed by atoms with van der Waals surface area (Å²) in [6.45, 7) is 3.66. The Bertz CT molecular complexity index is 1430. The van der Waals surface area contributed by atoms with Crippen molar-refractivity contribution >= 4 is 38.6 Å². The van der Waals surface area contributed by atoms with Crippen molar-refractivity contribution in [1.29, 1.82) is 0 Å². The van der Waals surface area contributed by atoms with Gasteiger partial charge in [-0.3, -0.25) is 9.52 Å². The van der Waals surface area contributed by atoms with E-state index in [9.17, 15) is 13.2 Å². The van der Waals surface area contributed by atoms with Gasteiger partial charge in [0, 0.05) is 16.6 Å². The average molecular weight is 494 g/mol. The number of amides is 1. The monoisotopic (exact) mass is 493 g/mol. The highest BCUT2D eigenvalue weighted by atomic mass is 32.2. The number of aryl methyl sites for hydroxylation is 2. The van der Waals surface area contributed by atoms with Gasteiger partial charge in [0.2, 0.25) is 0 Å². The van der Waals surface area contributed by atoms with Gasteiger partial charge in [0.25, 0.3) is 15.9 Å². The maximum atomic E-state index is 13.2. The number of nitrogens with one attached hydrogen (secondary N) is 2. The SMILES string of the molecule is COc1ccc(NC(=O)c2csc(-c3ccccc3)n2)cc1S(=O)(=O)Nc1c(C)cccc1C. The third kappa shape index (κ3) is 4.95. The lowest BCUT2D eigenvalue weighted by Gasteiger charge is -2.16. The van der Waals surface area contributed by atoms with E-state index in [4.69, 9.17) is 4.74 Å². The molecule has 34 heavy (non-hydrogen) atoms. The Morgan fingerprint density at radius 1 is 0.971 bits per heavy atom. The van der Waals surface area contributed by atoms with E-state index in [2.05, 4.69) is 15.0 Å². The molecule has 0 aliphatic rings. The van der Waals surface area contributed by atoms with Crippen LogP contribution in [0, 0.1) is 13.8 Å². The van der Waals surface area contributed by atoms with Gasteiger partial charge >= 0.3 is 0 Å². The molecule has 0 unspecified atom stereocenters. The van der Waals surface area contributed by atoms with Gasteiger partial charge < -0.3 is 10.1 Å². The summed E-state index contributed by atoms with van der Waals surface area (Å²) in [7, 11) is -2.60. The van der Waals surface area contributed by atoms with Crippen molar-refractivity contribution < 1.29 is 17.9 Å². The molecule has 9 heteroatoms. The molecule has 1 amide bonds. The molecule has 0 radical (unpaired) electrons. The van der Waals surface area contributed by atoms with Gasteiger partial charge in [0.15, 0.2) is 0 Å². The van der Waals surface area contributed by atoms with Crippen LogP contribution in [0.4, 0.5) is 11.4 Å². The normalized spacial score (nSPS) is 11.1.